The maximum absolute atomic E-state index is 12.9. The van der Waals surface area contributed by atoms with Gasteiger partial charge in [0.2, 0.25) is 5.91 Å². The van der Waals surface area contributed by atoms with E-state index in [9.17, 15) is 4.79 Å². The molecule has 0 saturated carbocycles. The lowest BCUT2D eigenvalue weighted by atomic mass is 10.0. The van der Waals surface area contributed by atoms with Gasteiger partial charge in [-0.25, -0.2) is 4.98 Å². The van der Waals surface area contributed by atoms with Gasteiger partial charge in [0.05, 0.1) is 16.4 Å². The molecule has 1 amide bonds. The fourth-order valence-corrected chi connectivity index (χ4v) is 4.40. The largest absolute Gasteiger partial charge is 0.338 e. The molecule has 156 valence electrons. The van der Waals surface area contributed by atoms with E-state index in [0.29, 0.717) is 16.6 Å². The van der Waals surface area contributed by atoms with Crippen LogP contribution in [0.15, 0.2) is 55.0 Å². The first-order chi connectivity index (χ1) is 14.5. The summed E-state index contributed by atoms with van der Waals surface area (Å²) >= 11 is 12.4. The lowest BCUT2D eigenvalue weighted by Gasteiger charge is -2.18. The second-order valence-corrected chi connectivity index (χ2v) is 8.78. The van der Waals surface area contributed by atoms with Gasteiger partial charge in [-0.3, -0.25) is 4.79 Å². The highest BCUT2D eigenvalue weighted by molar-refractivity contribution is 6.42. The van der Waals surface area contributed by atoms with Crippen molar-refractivity contribution in [2.45, 2.75) is 39.3 Å². The molecule has 1 fully saturated rings. The third-order valence-corrected chi connectivity index (χ3v) is 6.68. The van der Waals surface area contributed by atoms with E-state index in [1.54, 1.807) is 6.07 Å². The number of aromatic nitrogens is 2. The highest BCUT2D eigenvalue weighted by Crippen LogP contribution is 2.30. The topological polar surface area (TPSA) is 38.1 Å². The molecular weight excluding hydrogens is 417 g/mol. The van der Waals surface area contributed by atoms with E-state index >= 15 is 0 Å². The maximum Gasteiger partial charge on any atom is 0.226 e. The first-order valence-electron chi connectivity index (χ1n) is 10.3. The Labute approximate surface area is 187 Å². The summed E-state index contributed by atoms with van der Waals surface area (Å²) in [7, 11) is 0. The Bertz CT molecular complexity index is 1030. The van der Waals surface area contributed by atoms with Gasteiger partial charge in [-0.2, -0.15) is 0 Å². The average molecular weight is 442 g/mol. The third-order valence-electron chi connectivity index (χ3n) is 5.82. The van der Waals surface area contributed by atoms with Crippen molar-refractivity contribution < 1.29 is 4.79 Å². The van der Waals surface area contributed by atoms with Crippen LogP contribution >= 0.6 is 23.2 Å². The van der Waals surface area contributed by atoms with Gasteiger partial charge in [0, 0.05) is 37.4 Å². The minimum Gasteiger partial charge on any atom is -0.338 e. The van der Waals surface area contributed by atoms with Gasteiger partial charge < -0.3 is 9.47 Å². The second kappa shape index (κ2) is 9.23. The molecule has 2 heterocycles. The summed E-state index contributed by atoms with van der Waals surface area (Å²) in [6, 6.07) is 14.1. The number of nitrogens with zero attached hydrogens (tertiary/aromatic N) is 3. The fourth-order valence-electron chi connectivity index (χ4n) is 4.02. The lowest BCUT2D eigenvalue weighted by Crippen LogP contribution is -2.27. The highest BCUT2D eigenvalue weighted by Gasteiger charge is 2.31. The summed E-state index contributed by atoms with van der Waals surface area (Å²) in [4.78, 5) is 19.1. The molecule has 30 heavy (non-hydrogen) atoms. The van der Waals surface area contributed by atoms with Gasteiger partial charge in [0.25, 0.3) is 0 Å². The Hall–Kier alpha value is -2.30. The molecule has 4 rings (SSSR count). The molecule has 1 aliphatic heterocycles. The van der Waals surface area contributed by atoms with Gasteiger partial charge in [-0.15, -0.1) is 0 Å². The number of amides is 1. The Morgan fingerprint density at radius 1 is 1.10 bits per heavy atom. The summed E-state index contributed by atoms with van der Waals surface area (Å²) in [6.45, 7) is 4.16. The number of hydrogen-bond acceptors (Lipinski definition) is 2. The zero-order valence-electron chi connectivity index (χ0n) is 17.0. The van der Waals surface area contributed by atoms with Crippen LogP contribution in [0.25, 0.3) is 0 Å². The number of benzene rings is 2. The monoisotopic (exact) mass is 441 g/mol. The molecule has 0 radical (unpaired) electrons. The molecule has 6 heteroatoms. The molecule has 0 spiro atoms. The van der Waals surface area contributed by atoms with Gasteiger partial charge in [-0.1, -0.05) is 65.2 Å². The van der Waals surface area contributed by atoms with Crippen molar-refractivity contribution >= 4 is 29.1 Å². The van der Waals surface area contributed by atoms with Gasteiger partial charge in [-0.05, 0) is 43.4 Å². The van der Waals surface area contributed by atoms with Crippen LogP contribution in [0.4, 0.5) is 0 Å². The quantitative estimate of drug-likeness (QED) is 0.483. The maximum atomic E-state index is 12.9. The molecule has 0 unspecified atom stereocenters. The molecule has 3 aromatic rings. The summed E-state index contributed by atoms with van der Waals surface area (Å²) in [5.74, 6) is 0.251. The molecule has 0 aliphatic carbocycles. The van der Waals surface area contributed by atoms with Gasteiger partial charge in [0.15, 0.2) is 0 Å². The Morgan fingerprint density at radius 2 is 1.90 bits per heavy atom. The number of imidazole rings is 1. The van der Waals surface area contributed by atoms with Crippen LogP contribution in [-0.2, 0) is 24.3 Å². The molecule has 1 saturated heterocycles. The van der Waals surface area contributed by atoms with Crippen LogP contribution < -0.4 is 0 Å². The van der Waals surface area contributed by atoms with E-state index in [0.717, 1.165) is 37.9 Å². The molecule has 1 aliphatic rings. The molecule has 0 bridgehead atoms. The molecular formula is C24H25Cl2N3O. The standard InChI is InChI=1S/C24H25Cl2N3O/c1-17-5-7-18(8-6-17)14-29-16-27-13-21(29)10-9-19-11-12-28(24(19)30)15-20-3-2-4-22(25)23(20)26/h2-8,13,16,19H,9-12,14-15H2,1H3/t19-/m0/s1. The van der Waals surface area contributed by atoms with Crippen molar-refractivity contribution in [3.8, 4) is 0 Å². The van der Waals surface area contributed by atoms with Crippen LogP contribution in [0, 0.1) is 12.8 Å². The number of likely N-dealkylation sites (tertiary alicyclic amines) is 1. The van der Waals surface area contributed by atoms with E-state index in [1.165, 1.54) is 16.8 Å². The normalized spacial score (nSPS) is 16.4. The lowest BCUT2D eigenvalue weighted by molar-refractivity contribution is -0.131. The predicted molar refractivity (Wildman–Crippen MR) is 121 cm³/mol. The van der Waals surface area contributed by atoms with Crippen LogP contribution in [0.3, 0.4) is 0 Å². The fraction of sp³-hybridized carbons (Fsp3) is 0.333. The van der Waals surface area contributed by atoms with Crippen LogP contribution in [0.1, 0.15) is 35.2 Å². The number of rotatable bonds is 7. The van der Waals surface area contributed by atoms with Crippen LogP contribution in [0.5, 0.6) is 0 Å². The summed E-state index contributed by atoms with van der Waals surface area (Å²) in [5.41, 5.74) is 4.57. The molecule has 4 nitrogen and oxygen atoms in total. The first kappa shape index (κ1) is 21.0. The van der Waals surface area contributed by atoms with E-state index in [1.807, 2.05) is 29.6 Å². The van der Waals surface area contributed by atoms with Gasteiger partial charge >= 0.3 is 0 Å². The van der Waals surface area contributed by atoms with Crippen molar-refractivity contribution in [3.63, 3.8) is 0 Å². The van der Waals surface area contributed by atoms with Crippen molar-refractivity contribution in [2.24, 2.45) is 5.92 Å². The summed E-state index contributed by atoms with van der Waals surface area (Å²) in [5, 5.41) is 1.06. The molecule has 0 N–H and O–H groups in total. The SMILES string of the molecule is Cc1ccc(Cn2cncc2CC[C@H]2CCN(Cc3cccc(Cl)c3Cl)C2=O)cc1. The third kappa shape index (κ3) is 4.71. The van der Waals surface area contributed by atoms with E-state index in [-0.39, 0.29) is 11.8 Å². The summed E-state index contributed by atoms with van der Waals surface area (Å²) < 4.78 is 2.17. The Kier molecular flexibility index (Phi) is 6.45. The van der Waals surface area contributed by atoms with E-state index in [4.69, 9.17) is 23.2 Å². The van der Waals surface area contributed by atoms with Crippen molar-refractivity contribution in [1.29, 1.82) is 0 Å². The number of halogens is 2. The van der Waals surface area contributed by atoms with Crippen molar-refractivity contribution in [2.75, 3.05) is 6.54 Å². The smallest absolute Gasteiger partial charge is 0.226 e. The summed E-state index contributed by atoms with van der Waals surface area (Å²) in [6.07, 6.45) is 6.34. The molecule has 1 atom stereocenters. The average Bonchev–Trinajstić information content (AvgIpc) is 3.32. The van der Waals surface area contributed by atoms with E-state index in [2.05, 4.69) is 40.7 Å². The molecule has 1 aromatic heterocycles. The minimum absolute atomic E-state index is 0.0469. The highest BCUT2D eigenvalue weighted by atomic mass is 35.5. The number of carbonyl (C=O) groups is 1. The number of carbonyl (C=O) groups excluding carboxylic acids is 1. The van der Waals surface area contributed by atoms with Crippen molar-refractivity contribution in [1.82, 2.24) is 14.5 Å². The van der Waals surface area contributed by atoms with E-state index < -0.39 is 0 Å². The van der Waals surface area contributed by atoms with Gasteiger partial charge in [0.1, 0.15) is 0 Å². The predicted octanol–water partition coefficient (Wildman–Crippen LogP) is 5.53. The van der Waals surface area contributed by atoms with Crippen LogP contribution in [0.2, 0.25) is 10.0 Å². The first-order valence-corrected chi connectivity index (χ1v) is 11.0. The minimum atomic E-state index is 0.0469. The second-order valence-electron chi connectivity index (χ2n) is 8.00. The zero-order valence-corrected chi connectivity index (χ0v) is 18.5. The molecule has 2 aromatic carbocycles. The zero-order chi connectivity index (χ0) is 21.1. The van der Waals surface area contributed by atoms with Crippen molar-refractivity contribution in [3.05, 3.63) is 87.4 Å². The number of aryl methyl sites for hydroxylation is 2. The van der Waals surface area contributed by atoms with Crippen LogP contribution in [-0.4, -0.2) is 26.9 Å². The Morgan fingerprint density at radius 3 is 2.70 bits per heavy atom. The Balaban J connectivity index is 1.35. The number of hydrogen-bond donors (Lipinski definition) is 0.